The number of rotatable bonds is 3. The van der Waals surface area contributed by atoms with Gasteiger partial charge in [0.2, 0.25) is 0 Å². The molecule has 1 aromatic carbocycles. The predicted octanol–water partition coefficient (Wildman–Crippen LogP) is 2.34. The van der Waals surface area contributed by atoms with Crippen LogP contribution in [0, 0.1) is 12.7 Å². The summed E-state index contributed by atoms with van der Waals surface area (Å²) in [4.78, 5) is 4.52. The van der Waals surface area contributed by atoms with Gasteiger partial charge in [0, 0.05) is 12.6 Å². The molecule has 0 spiro atoms. The summed E-state index contributed by atoms with van der Waals surface area (Å²) < 4.78 is 15.2. The van der Waals surface area contributed by atoms with Gasteiger partial charge in [0.25, 0.3) is 0 Å². The lowest BCUT2D eigenvalue weighted by Crippen LogP contribution is -2.21. The fraction of sp³-hybridized carbons (Fsp3) is 0.278. The summed E-state index contributed by atoms with van der Waals surface area (Å²) >= 11 is 0. The fourth-order valence-electron chi connectivity index (χ4n) is 3.48. The molecule has 0 amide bonds. The Balaban J connectivity index is 1.76. The molecule has 0 radical (unpaired) electrons. The van der Waals surface area contributed by atoms with E-state index < -0.39 is 6.10 Å². The summed E-state index contributed by atoms with van der Waals surface area (Å²) in [6.07, 6.45) is 1.64. The Morgan fingerprint density at radius 2 is 2.21 bits per heavy atom. The first-order valence-corrected chi connectivity index (χ1v) is 7.89. The Bertz CT molecular complexity index is 922. The van der Waals surface area contributed by atoms with Gasteiger partial charge in [0.1, 0.15) is 5.82 Å². The molecule has 3 N–H and O–H groups in total. The maximum Gasteiger partial charge on any atom is 0.160 e. The Morgan fingerprint density at radius 1 is 1.38 bits per heavy atom. The van der Waals surface area contributed by atoms with E-state index in [0.717, 1.165) is 28.2 Å². The molecule has 124 valence electrons. The number of aliphatic hydroxyl groups excluding tert-OH is 2. The highest BCUT2D eigenvalue weighted by Gasteiger charge is 2.31. The van der Waals surface area contributed by atoms with Gasteiger partial charge in [-0.2, -0.15) is 0 Å². The third kappa shape index (κ3) is 2.26. The third-order valence-corrected chi connectivity index (χ3v) is 4.66. The highest BCUT2D eigenvalue weighted by atomic mass is 19.1. The van der Waals surface area contributed by atoms with Crippen LogP contribution in [0.4, 0.5) is 10.1 Å². The SMILES string of the molecule is Cc1nc2c(NC3c4ccc(F)cc4CC3O)cccn2c1CO. The largest absolute Gasteiger partial charge is 0.390 e. The average molecular weight is 327 g/mol. The molecule has 0 saturated carbocycles. The lowest BCUT2D eigenvalue weighted by molar-refractivity contribution is 0.166. The number of aromatic nitrogens is 2. The van der Waals surface area contributed by atoms with Crippen molar-refractivity contribution >= 4 is 11.3 Å². The minimum absolute atomic E-state index is 0.0926. The van der Waals surface area contributed by atoms with Crippen LogP contribution in [0.1, 0.15) is 28.6 Å². The van der Waals surface area contributed by atoms with Gasteiger partial charge >= 0.3 is 0 Å². The Labute approximate surface area is 138 Å². The highest BCUT2D eigenvalue weighted by Crippen LogP contribution is 2.35. The van der Waals surface area contributed by atoms with Crippen molar-refractivity contribution in [1.82, 2.24) is 9.38 Å². The number of halogens is 1. The molecule has 4 rings (SSSR count). The lowest BCUT2D eigenvalue weighted by atomic mass is 10.1. The standard InChI is InChI=1S/C18H18FN3O2/c1-10-15(9-23)22-6-2-3-14(18(22)20-10)21-17-13-5-4-12(19)7-11(13)8-16(17)24/h2-7,16-17,21,23-24H,8-9H2,1H3. The lowest BCUT2D eigenvalue weighted by Gasteiger charge is -2.19. The zero-order chi connectivity index (χ0) is 16.8. The molecule has 0 saturated heterocycles. The summed E-state index contributed by atoms with van der Waals surface area (Å²) in [5.74, 6) is -0.292. The van der Waals surface area contributed by atoms with Gasteiger partial charge in [-0.25, -0.2) is 9.37 Å². The number of fused-ring (bicyclic) bond motifs is 2. The van der Waals surface area contributed by atoms with E-state index in [2.05, 4.69) is 10.3 Å². The molecule has 2 unspecified atom stereocenters. The van der Waals surface area contributed by atoms with E-state index in [-0.39, 0.29) is 18.5 Å². The van der Waals surface area contributed by atoms with Gasteiger partial charge in [0.05, 0.1) is 35.8 Å². The number of aryl methyl sites for hydroxylation is 1. The van der Waals surface area contributed by atoms with Crippen molar-refractivity contribution in [2.45, 2.75) is 32.1 Å². The van der Waals surface area contributed by atoms with E-state index in [9.17, 15) is 14.6 Å². The van der Waals surface area contributed by atoms with Crippen molar-refractivity contribution in [2.75, 3.05) is 5.32 Å². The number of aliphatic hydroxyl groups is 2. The number of benzene rings is 1. The van der Waals surface area contributed by atoms with E-state index in [1.54, 1.807) is 6.07 Å². The van der Waals surface area contributed by atoms with Gasteiger partial charge in [-0.3, -0.25) is 4.40 Å². The molecule has 0 bridgehead atoms. The number of hydrogen-bond donors (Lipinski definition) is 3. The van der Waals surface area contributed by atoms with Crippen molar-refractivity contribution in [3.63, 3.8) is 0 Å². The van der Waals surface area contributed by atoms with Crippen molar-refractivity contribution in [3.8, 4) is 0 Å². The maximum atomic E-state index is 13.4. The summed E-state index contributed by atoms with van der Waals surface area (Å²) in [5, 5.41) is 23.2. The molecule has 5 nitrogen and oxygen atoms in total. The topological polar surface area (TPSA) is 69.8 Å². The minimum Gasteiger partial charge on any atom is -0.390 e. The van der Waals surface area contributed by atoms with Crippen LogP contribution in [0.15, 0.2) is 36.5 Å². The van der Waals surface area contributed by atoms with Crippen LogP contribution in [0.25, 0.3) is 5.65 Å². The molecule has 2 aromatic heterocycles. The van der Waals surface area contributed by atoms with Crippen LogP contribution in [-0.4, -0.2) is 25.7 Å². The van der Waals surface area contributed by atoms with Gasteiger partial charge < -0.3 is 15.5 Å². The Kier molecular flexibility index (Phi) is 3.51. The van der Waals surface area contributed by atoms with Crippen LogP contribution in [0.3, 0.4) is 0 Å². The second kappa shape index (κ2) is 5.58. The quantitative estimate of drug-likeness (QED) is 0.691. The first-order valence-electron chi connectivity index (χ1n) is 7.89. The zero-order valence-corrected chi connectivity index (χ0v) is 13.2. The zero-order valence-electron chi connectivity index (χ0n) is 13.2. The smallest absolute Gasteiger partial charge is 0.160 e. The summed E-state index contributed by atoms with van der Waals surface area (Å²) in [6, 6.07) is 8.04. The van der Waals surface area contributed by atoms with Gasteiger partial charge in [-0.05, 0) is 42.3 Å². The van der Waals surface area contributed by atoms with Crippen LogP contribution in [0.2, 0.25) is 0 Å². The van der Waals surface area contributed by atoms with Gasteiger partial charge in [0.15, 0.2) is 5.65 Å². The van der Waals surface area contributed by atoms with Gasteiger partial charge in [-0.1, -0.05) is 6.07 Å². The van der Waals surface area contributed by atoms with E-state index in [4.69, 9.17) is 0 Å². The van der Waals surface area contributed by atoms with E-state index in [0.29, 0.717) is 12.1 Å². The van der Waals surface area contributed by atoms with Crippen LogP contribution in [0.5, 0.6) is 0 Å². The Morgan fingerprint density at radius 3 is 3.00 bits per heavy atom. The molecule has 24 heavy (non-hydrogen) atoms. The molecule has 2 atom stereocenters. The molecular weight excluding hydrogens is 309 g/mol. The molecule has 0 fully saturated rings. The normalized spacial score (nSPS) is 19.7. The molecular formula is C18H18FN3O2. The number of nitrogens with zero attached hydrogens (tertiary/aromatic N) is 2. The average Bonchev–Trinajstić information content (AvgIpc) is 3.04. The maximum absolute atomic E-state index is 13.4. The van der Waals surface area contributed by atoms with Crippen LogP contribution < -0.4 is 5.32 Å². The van der Waals surface area contributed by atoms with Crippen molar-refractivity contribution in [1.29, 1.82) is 0 Å². The molecule has 3 aromatic rings. The second-order valence-corrected chi connectivity index (χ2v) is 6.15. The van der Waals surface area contributed by atoms with Crippen molar-refractivity contribution in [3.05, 3.63) is 64.9 Å². The third-order valence-electron chi connectivity index (χ3n) is 4.66. The van der Waals surface area contributed by atoms with E-state index >= 15 is 0 Å². The molecule has 2 heterocycles. The number of pyridine rings is 1. The minimum atomic E-state index is -0.629. The number of hydrogen-bond acceptors (Lipinski definition) is 4. The van der Waals surface area contributed by atoms with E-state index in [1.165, 1.54) is 12.1 Å². The summed E-state index contributed by atoms with van der Waals surface area (Å²) in [5.41, 5.74) is 4.69. The molecule has 6 heteroatoms. The van der Waals surface area contributed by atoms with Gasteiger partial charge in [-0.15, -0.1) is 0 Å². The summed E-state index contributed by atoms with van der Waals surface area (Å²) in [6.45, 7) is 1.76. The second-order valence-electron chi connectivity index (χ2n) is 6.15. The van der Waals surface area contributed by atoms with Crippen molar-refractivity contribution in [2.24, 2.45) is 0 Å². The number of imidazole rings is 1. The molecule has 0 aliphatic heterocycles. The molecule has 1 aliphatic carbocycles. The molecule has 1 aliphatic rings. The first-order chi connectivity index (χ1) is 11.6. The van der Waals surface area contributed by atoms with E-state index in [1.807, 2.05) is 29.7 Å². The summed E-state index contributed by atoms with van der Waals surface area (Å²) in [7, 11) is 0. The predicted molar refractivity (Wildman–Crippen MR) is 88.3 cm³/mol. The number of nitrogens with one attached hydrogen (secondary N) is 1. The first kappa shape index (κ1) is 15.1. The van der Waals surface area contributed by atoms with Crippen LogP contribution >= 0.6 is 0 Å². The Hall–Kier alpha value is -2.44. The monoisotopic (exact) mass is 327 g/mol. The number of anilines is 1. The highest BCUT2D eigenvalue weighted by molar-refractivity contribution is 5.69. The fourth-order valence-corrected chi connectivity index (χ4v) is 3.48. The van der Waals surface area contributed by atoms with Crippen LogP contribution in [-0.2, 0) is 13.0 Å². The van der Waals surface area contributed by atoms with Crippen molar-refractivity contribution < 1.29 is 14.6 Å².